The molecule has 0 aromatic heterocycles. The van der Waals surface area contributed by atoms with Gasteiger partial charge < -0.3 is 5.32 Å². The molecule has 0 unspecified atom stereocenters. The van der Waals surface area contributed by atoms with Gasteiger partial charge in [-0.15, -0.1) is 0 Å². The van der Waals surface area contributed by atoms with Crippen LogP contribution >= 0.6 is 0 Å². The van der Waals surface area contributed by atoms with Crippen molar-refractivity contribution in [3.05, 3.63) is 71.3 Å². The first kappa shape index (κ1) is 17.8. The summed E-state index contributed by atoms with van der Waals surface area (Å²) >= 11 is 0. The molecule has 2 aromatic rings. The van der Waals surface area contributed by atoms with Crippen LogP contribution in [0.15, 0.2) is 54.6 Å². The van der Waals surface area contributed by atoms with Crippen LogP contribution in [0.2, 0.25) is 0 Å². The lowest BCUT2D eigenvalue weighted by molar-refractivity contribution is 0.0950. The number of carbonyl (C=O) groups is 1. The molecule has 1 aliphatic rings. The van der Waals surface area contributed by atoms with E-state index >= 15 is 0 Å². The summed E-state index contributed by atoms with van der Waals surface area (Å²) in [5.41, 5.74) is 2.38. The van der Waals surface area contributed by atoms with Crippen molar-refractivity contribution in [3.63, 3.8) is 0 Å². The summed E-state index contributed by atoms with van der Waals surface area (Å²) in [6.07, 6.45) is 6.25. The summed E-state index contributed by atoms with van der Waals surface area (Å²) < 4.78 is 0. The molecule has 1 amide bonds. The summed E-state index contributed by atoms with van der Waals surface area (Å²) in [5.74, 6) is 12.6. The first-order chi connectivity index (χ1) is 12.8. The quantitative estimate of drug-likeness (QED) is 0.815. The highest BCUT2D eigenvalue weighted by Crippen LogP contribution is 2.22. The molecule has 0 aliphatic heterocycles. The lowest BCUT2D eigenvalue weighted by Gasteiger charge is -2.15. The smallest absolute Gasteiger partial charge is 0.252 e. The molecule has 2 heteroatoms. The lowest BCUT2D eigenvalue weighted by Crippen LogP contribution is -2.23. The monoisotopic (exact) mass is 341 g/mol. The van der Waals surface area contributed by atoms with E-state index < -0.39 is 0 Å². The molecule has 0 bridgehead atoms. The maximum atomic E-state index is 12.5. The largest absolute Gasteiger partial charge is 0.348 e. The van der Waals surface area contributed by atoms with Gasteiger partial charge >= 0.3 is 0 Å². The molecule has 3 rings (SSSR count). The molecule has 26 heavy (non-hydrogen) atoms. The Hall–Kier alpha value is -2.97. The van der Waals surface area contributed by atoms with Gasteiger partial charge in [-0.2, -0.15) is 0 Å². The summed E-state index contributed by atoms with van der Waals surface area (Å²) in [6, 6.07) is 17.3. The van der Waals surface area contributed by atoms with Crippen LogP contribution < -0.4 is 5.32 Å². The Balaban J connectivity index is 1.65. The molecule has 0 spiro atoms. The fourth-order valence-electron chi connectivity index (χ4n) is 3.15. The Bertz CT molecular complexity index is 856. The highest BCUT2D eigenvalue weighted by molar-refractivity contribution is 5.96. The van der Waals surface area contributed by atoms with Gasteiger partial charge in [0.15, 0.2) is 0 Å². The Kier molecular flexibility index (Phi) is 6.52. The SMILES string of the molecule is O=C(NCc1ccccc1)c1ccccc1C#CC#CC1CCCCC1. The summed E-state index contributed by atoms with van der Waals surface area (Å²) in [7, 11) is 0. The van der Waals surface area contributed by atoms with Gasteiger partial charge in [0.2, 0.25) is 0 Å². The summed E-state index contributed by atoms with van der Waals surface area (Å²) in [6.45, 7) is 0.503. The zero-order valence-corrected chi connectivity index (χ0v) is 14.9. The van der Waals surface area contributed by atoms with Crippen molar-refractivity contribution < 1.29 is 4.79 Å². The van der Waals surface area contributed by atoms with Crippen molar-refractivity contribution in [3.8, 4) is 23.7 Å². The van der Waals surface area contributed by atoms with Crippen molar-refractivity contribution in [2.24, 2.45) is 5.92 Å². The van der Waals surface area contributed by atoms with Crippen molar-refractivity contribution in [1.82, 2.24) is 5.32 Å². The van der Waals surface area contributed by atoms with Gasteiger partial charge in [0.25, 0.3) is 5.91 Å². The second kappa shape index (κ2) is 9.50. The maximum absolute atomic E-state index is 12.5. The number of hydrogen-bond acceptors (Lipinski definition) is 1. The lowest BCUT2D eigenvalue weighted by atomic mass is 9.90. The molecule has 2 aromatic carbocycles. The van der Waals surface area contributed by atoms with E-state index in [0.29, 0.717) is 18.0 Å². The number of nitrogens with one attached hydrogen (secondary N) is 1. The van der Waals surface area contributed by atoms with Crippen LogP contribution in [-0.4, -0.2) is 5.91 Å². The minimum Gasteiger partial charge on any atom is -0.348 e. The van der Waals surface area contributed by atoms with Gasteiger partial charge in [-0.1, -0.05) is 73.6 Å². The molecule has 130 valence electrons. The summed E-state index contributed by atoms with van der Waals surface area (Å²) in [4.78, 5) is 12.5. The topological polar surface area (TPSA) is 29.1 Å². The van der Waals surface area contributed by atoms with Crippen LogP contribution in [0.3, 0.4) is 0 Å². The maximum Gasteiger partial charge on any atom is 0.252 e. The molecular weight excluding hydrogens is 318 g/mol. The Morgan fingerprint density at radius 3 is 2.46 bits per heavy atom. The second-order valence-electron chi connectivity index (χ2n) is 6.57. The number of hydrogen-bond donors (Lipinski definition) is 1. The van der Waals surface area contributed by atoms with E-state index in [2.05, 4.69) is 29.0 Å². The van der Waals surface area contributed by atoms with Crippen molar-refractivity contribution in [2.45, 2.75) is 38.6 Å². The zero-order valence-electron chi connectivity index (χ0n) is 14.9. The fraction of sp³-hybridized carbons (Fsp3) is 0.292. The molecular formula is C24H23NO. The normalized spacial score (nSPS) is 13.7. The Morgan fingerprint density at radius 2 is 1.65 bits per heavy atom. The first-order valence-electron chi connectivity index (χ1n) is 9.25. The van der Waals surface area contributed by atoms with Gasteiger partial charge in [-0.05, 0) is 42.4 Å². The third kappa shape index (κ3) is 5.27. The Labute approximate surface area is 156 Å². The second-order valence-corrected chi connectivity index (χ2v) is 6.57. The van der Waals surface area contributed by atoms with Crippen LogP contribution in [0.25, 0.3) is 0 Å². The van der Waals surface area contributed by atoms with Crippen LogP contribution in [0, 0.1) is 29.6 Å². The van der Waals surface area contributed by atoms with E-state index in [1.54, 1.807) is 6.07 Å². The average Bonchev–Trinajstić information content (AvgIpc) is 2.71. The zero-order chi connectivity index (χ0) is 18.0. The van der Waals surface area contributed by atoms with Gasteiger partial charge in [0, 0.05) is 18.0 Å². The van der Waals surface area contributed by atoms with E-state index in [1.165, 1.54) is 32.1 Å². The molecule has 1 aliphatic carbocycles. The molecule has 0 heterocycles. The van der Waals surface area contributed by atoms with Crippen molar-refractivity contribution >= 4 is 5.91 Å². The van der Waals surface area contributed by atoms with Crippen LogP contribution in [-0.2, 0) is 6.54 Å². The van der Waals surface area contributed by atoms with E-state index in [1.807, 2.05) is 48.5 Å². The van der Waals surface area contributed by atoms with E-state index in [9.17, 15) is 4.79 Å². The third-order valence-corrected chi connectivity index (χ3v) is 4.61. The summed E-state index contributed by atoms with van der Waals surface area (Å²) in [5, 5.41) is 2.96. The van der Waals surface area contributed by atoms with Gasteiger partial charge in [0.1, 0.15) is 0 Å². The molecule has 0 atom stereocenters. The van der Waals surface area contributed by atoms with Crippen molar-refractivity contribution in [1.29, 1.82) is 0 Å². The first-order valence-corrected chi connectivity index (χ1v) is 9.25. The highest BCUT2D eigenvalue weighted by Gasteiger charge is 2.10. The standard InChI is InChI=1S/C24H23NO/c26-24(25-19-21-14-5-2-6-15-21)23-18-10-9-17-22(23)16-8-7-13-20-11-3-1-4-12-20/h2,5-6,9-10,14-15,17-18,20H,1,3-4,11-12,19H2,(H,25,26). The van der Waals surface area contributed by atoms with Crippen LogP contribution in [0.5, 0.6) is 0 Å². The van der Waals surface area contributed by atoms with Crippen LogP contribution in [0.4, 0.5) is 0 Å². The number of benzene rings is 2. The average molecular weight is 341 g/mol. The van der Waals surface area contributed by atoms with Gasteiger partial charge in [-0.25, -0.2) is 0 Å². The molecule has 2 nitrogen and oxygen atoms in total. The Morgan fingerprint density at radius 1 is 0.923 bits per heavy atom. The number of rotatable bonds is 3. The van der Waals surface area contributed by atoms with Crippen molar-refractivity contribution in [2.75, 3.05) is 0 Å². The molecule has 1 saturated carbocycles. The number of amides is 1. The van der Waals surface area contributed by atoms with Gasteiger partial charge in [0.05, 0.1) is 5.56 Å². The highest BCUT2D eigenvalue weighted by atomic mass is 16.1. The fourth-order valence-corrected chi connectivity index (χ4v) is 3.15. The van der Waals surface area contributed by atoms with Gasteiger partial charge in [-0.3, -0.25) is 4.79 Å². The predicted molar refractivity (Wildman–Crippen MR) is 105 cm³/mol. The van der Waals surface area contributed by atoms with E-state index in [-0.39, 0.29) is 5.91 Å². The van der Waals surface area contributed by atoms with Crippen LogP contribution in [0.1, 0.15) is 53.6 Å². The molecule has 0 radical (unpaired) electrons. The molecule has 0 saturated heterocycles. The van der Waals surface area contributed by atoms with E-state index in [0.717, 1.165) is 11.1 Å². The molecule has 1 N–H and O–H groups in total. The minimum absolute atomic E-state index is 0.112. The molecule has 1 fully saturated rings. The third-order valence-electron chi connectivity index (χ3n) is 4.61. The number of carbonyl (C=O) groups excluding carboxylic acids is 1. The predicted octanol–water partition coefficient (Wildman–Crippen LogP) is 4.55. The minimum atomic E-state index is -0.112. The van der Waals surface area contributed by atoms with E-state index in [4.69, 9.17) is 0 Å².